The quantitative estimate of drug-likeness (QED) is 0.781. The van der Waals surface area contributed by atoms with Crippen LogP contribution in [0.25, 0.3) is 10.9 Å². The average molecular weight is 201 g/mol. The number of aromatic nitrogens is 1. The first-order valence-electron chi connectivity index (χ1n) is 5.02. The van der Waals surface area contributed by atoms with Crippen LogP contribution in [0.4, 0.5) is 5.69 Å². The van der Waals surface area contributed by atoms with Crippen molar-refractivity contribution in [3.05, 3.63) is 35.5 Å². The molecule has 1 aromatic heterocycles. The number of rotatable bonds is 2. The highest BCUT2D eigenvalue weighted by Gasteiger charge is 2.03. The molecule has 0 bridgehead atoms. The summed E-state index contributed by atoms with van der Waals surface area (Å²) >= 11 is 0. The molecule has 1 aromatic carbocycles. The summed E-state index contributed by atoms with van der Waals surface area (Å²) in [7, 11) is 1.91. The molecule has 3 nitrogen and oxygen atoms in total. The van der Waals surface area contributed by atoms with E-state index in [-0.39, 0.29) is 0 Å². The third-order valence-corrected chi connectivity index (χ3v) is 2.50. The number of nitrogens with zero attached hydrogens (tertiary/aromatic N) is 1. The largest absolute Gasteiger partial charge is 0.388 e. The molecule has 15 heavy (non-hydrogen) atoms. The molecule has 0 radical (unpaired) electrons. The summed E-state index contributed by atoms with van der Waals surface area (Å²) in [4.78, 5) is 4.50. The third-order valence-electron chi connectivity index (χ3n) is 2.50. The topological polar surface area (TPSA) is 50.9 Å². The second-order valence-corrected chi connectivity index (χ2v) is 3.64. The Kier molecular flexibility index (Phi) is 2.56. The second kappa shape index (κ2) is 3.87. The monoisotopic (exact) mass is 201 g/mol. The molecule has 0 spiro atoms. The summed E-state index contributed by atoms with van der Waals surface area (Å²) in [5.74, 6) is 0. The smallest absolute Gasteiger partial charge is 0.0729 e. The summed E-state index contributed by atoms with van der Waals surface area (Å²) in [5.41, 5.74) is 9.83. The minimum Gasteiger partial charge on any atom is -0.388 e. The fourth-order valence-electron chi connectivity index (χ4n) is 1.70. The van der Waals surface area contributed by atoms with Gasteiger partial charge in [0.05, 0.1) is 11.2 Å². The van der Waals surface area contributed by atoms with Gasteiger partial charge >= 0.3 is 0 Å². The molecule has 2 aromatic rings. The van der Waals surface area contributed by atoms with Crippen molar-refractivity contribution in [2.45, 2.75) is 13.5 Å². The van der Waals surface area contributed by atoms with Gasteiger partial charge in [-0.3, -0.25) is 4.98 Å². The molecule has 0 aliphatic rings. The van der Waals surface area contributed by atoms with Gasteiger partial charge in [0.15, 0.2) is 0 Å². The number of fused-ring (bicyclic) bond motifs is 1. The van der Waals surface area contributed by atoms with E-state index < -0.39 is 0 Å². The number of nitrogens with two attached hydrogens (primary N) is 1. The van der Waals surface area contributed by atoms with Gasteiger partial charge in [-0.05, 0) is 24.6 Å². The normalized spacial score (nSPS) is 10.6. The average Bonchev–Trinajstić information content (AvgIpc) is 2.26. The predicted molar refractivity (Wildman–Crippen MR) is 63.9 cm³/mol. The van der Waals surface area contributed by atoms with Gasteiger partial charge in [-0.25, -0.2) is 0 Å². The molecule has 0 saturated carbocycles. The number of hydrogen-bond acceptors (Lipinski definition) is 3. The van der Waals surface area contributed by atoms with Crippen molar-refractivity contribution in [2.24, 2.45) is 5.73 Å². The van der Waals surface area contributed by atoms with Crippen LogP contribution >= 0.6 is 0 Å². The number of anilines is 1. The molecule has 0 aliphatic carbocycles. The van der Waals surface area contributed by atoms with Gasteiger partial charge in [-0.2, -0.15) is 0 Å². The van der Waals surface area contributed by atoms with E-state index in [4.69, 9.17) is 5.73 Å². The van der Waals surface area contributed by atoms with Crippen LogP contribution in [0.5, 0.6) is 0 Å². The van der Waals surface area contributed by atoms with Crippen LogP contribution in [0, 0.1) is 6.92 Å². The van der Waals surface area contributed by atoms with E-state index in [0.717, 1.165) is 22.3 Å². The van der Waals surface area contributed by atoms with E-state index in [1.807, 2.05) is 13.1 Å². The van der Waals surface area contributed by atoms with Crippen molar-refractivity contribution >= 4 is 16.6 Å². The maximum atomic E-state index is 5.61. The Morgan fingerprint density at radius 3 is 2.80 bits per heavy atom. The van der Waals surface area contributed by atoms with E-state index in [0.29, 0.717) is 6.54 Å². The van der Waals surface area contributed by atoms with Gasteiger partial charge in [-0.1, -0.05) is 12.1 Å². The first-order valence-corrected chi connectivity index (χ1v) is 5.02. The van der Waals surface area contributed by atoms with E-state index in [1.165, 1.54) is 5.56 Å². The molecule has 0 unspecified atom stereocenters. The molecule has 0 saturated heterocycles. The zero-order valence-corrected chi connectivity index (χ0v) is 9.04. The number of aryl methyl sites for hydroxylation is 1. The summed E-state index contributed by atoms with van der Waals surface area (Å²) in [6.45, 7) is 2.54. The molecule has 0 amide bonds. The Balaban J connectivity index is 2.74. The van der Waals surface area contributed by atoms with Gasteiger partial charge in [0, 0.05) is 24.7 Å². The number of benzene rings is 1. The van der Waals surface area contributed by atoms with Crippen LogP contribution in [0.15, 0.2) is 24.3 Å². The van der Waals surface area contributed by atoms with Crippen LogP contribution in [0.1, 0.15) is 11.3 Å². The van der Waals surface area contributed by atoms with Crippen molar-refractivity contribution in [2.75, 3.05) is 12.4 Å². The number of nitrogens with one attached hydrogen (secondary N) is 1. The van der Waals surface area contributed by atoms with E-state index in [9.17, 15) is 0 Å². The summed E-state index contributed by atoms with van der Waals surface area (Å²) in [6.07, 6.45) is 0. The van der Waals surface area contributed by atoms with Crippen LogP contribution in [0.2, 0.25) is 0 Å². The highest BCUT2D eigenvalue weighted by Crippen LogP contribution is 2.23. The fourth-order valence-corrected chi connectivity index (χ4v) is 1.70. The van der Waals surface area contributed by atoms with Crippen molar-refractivity contribution in [1.29, 1.82) is 0 Å². The maximum absolute atomic E-state index is 5.61. The molecule has 1 heterocycles. The van der Waals surface area contributed by atoms with Gasteiger partial charge < -0.3 is 11.1 Å². The Morgan fingerprint density at radius 2 is 2.13 bits per heavy atom. The zero-order valence-electron chi connectivity index (χ0n) is 9.04. The molecule has 2 rings (SSSR count). The van der Waals surface area contributed by atoms with E-state index >= 15 is 0 Å². The van der Waals surface area contributed by atoms with E-state index in [1.54, 1.807) is 0 Å². The number of pyridine rings is 1. The predicted octanol–water partition coefficient (Wildman–Crippen LogP) is 2.04. The van der Waals surface area contributed by atoms with Crippen molar-refractivity contribution < 1.29 is 0 Å². The summed E-state index contributed by atoms with van der Waals surface area (Å²) < 4.78 is 0. The minimum absolute atomic E-state index is 0.471. The standard InChI is InChI=1S/C12H15N3/c1-8-3-4-10-11(14-2)6-9(7-13)15-12(10)5-8/h3-6H,7,13H2,1-2H3,(H,14,15). The highest BCUT2D eigenvalue weighted by molar-refractivity contribution is 5.91. The molecule has 3 N–H and O–H groups in total. The molecule has 78 valence electrons. The van der Waals surface area contributed by atoms with Crippen molar-refractivity contribution in [3.8, 4) is 0 Å². The Morgan fingerprint density at radius 1 is 1.33 bits per heavy atom. The van der Waals surface area contributed by atoms with Gasteiger partial charge in [0.25, 0.3) is 0 Å². The summed E-state index contributed by atoms with van der Waals surface area (Å²) in [6, 6.07) is 8.25. The van der Waals surface area contributed by atoms with Crippen molar-refractivity contribution in [3.63, 3.8) is 0 Å². The van der Waals surface area contributed by atoms with Crippen LogP contribution in [-0.2, 0) is 6.54 Å². The number of hydrogen-bond donors (Lipinski definition) is 2. The lowest BCUT2D eigenvalue weighted by atomic mass is 10.1. The van der Waals surface area contributed by atoms with Crippen LogP contribution in [0.3, 0.4) is 0 Å². The Labute approximate surface area is 89.3 Å². The molecular weight excluding hydrogens is 186 g/mol. The van der Waals surface area contributed by atoms with E-state index in [2.05, 4.69) is 35.4 Å². The Bertz CT molecular complexity index is 491. The zero-order chi connectivity index (χ0) is 10.8. The Hall–Kier alpha value is -1.61. The minimum atomic E-state index is 0.471. The lowest BCUT2D eigenvalue weighted by Gasteiger charge is -2.08. The second-order valence-electron chi connectivity index (χ2n) is 3.64. The highest BCUT2D eigenvalue weighted by atomic mass is 14.8. The SMILES string of the molecule is CNc1cc(CN)nc2cc(C)ccc12. The van der Waals surface area contributed by atoms with Gasteiger partial charge in [-0.15, -0.1) is 0 Å². The van der Waals surface area contributed by atoms with Crippen LogP contribution < -0.4 is 11.1 Å². The third kappa shape index (κ3) is 1.78. The fraction of sp³-hybridized carbons (Fsp3) is 0.250. The molecule has 0 atom stereocenters. The molecule has 0 fully saturated rings. The van der Waals surface area contributed by atoms with Crippen LogP contribution in [-0.4, -0.2) is 12.0 Å². The maximum Gasteiger partial charge on any atom is 0.0729 e. The van der Waals surface area contributed by atoms with Crippen molar-refractivity contribution in [1.82, 2.24) is 4.98 Å². The molecular formula is C12H15N3. The van der Waals surface area contributed by atoms with Gasteiger partial charge in [0.2, 0.25) is 0 Å². The summed E-state index contributed by atoms with van der Waals surface area (Å²) in [5, 5.41) is 4.31. The first kappa shape index (κ1) is 9.93. The lowest BCUT2D eigenvalue weighted by molar-refractivity contribution is 1.01. The lowest BCUT2D eigenvalue weighted by Crippen LogP contribution is -2.02. The molecule has 3 heteroatoms. The van der Waals surface area contributed by atoms with Gasteiger partial charge in [0.1, 0.15) is 0 Å². The first-order chi connectivity index (χ1) is 7.24. The molecule has 0 aliphatic heterocycles.